The number of hydrogen-bond donors (Lipinski definition) is 0. The molecular weight excluding hydrogens is 650 g/mol. The summed E-state index contributed by atoms with van der Waals surface area (Å²) in [6.07, 6.45) is 1.15. The number of carbonyl (C=O) groups is 2. The highest BCUT2D eigenvalue weighted by atomic mass is 35.5. The summed E-state index contributed by atoms with van der Waals surface area (Å²) in [4.78, 5) is 30.4. The Morgan fingerprint density at radius 2 is 1.64 bits per heavy atom. The Bertz CT molecular complexity index is 1940. The van der Waals surface area contributed by atoms with Crippen LogP contribution in [0.15, 0.2) is 97.2 Å². The third kappa shape index (κ3) is 8.30. The predicted octanol–water partition coefficient (Wildman–Crippen LogP) is 9.01. The lowest BCUT2D eigenvalue weighted by Crippen LogP contribution is -2.32. The van der Waals surface area contributed by atoms with E-state index in [0.717, 1.165) is 23.3 Å². The fourth-order valence-electron chi connectivity index (χ4n) is 4.85. The fraction of sp³-hybridized carbons (Fsp3) is 0.139. The first-order valence-corrected chi connectivity index (χ1v) is 15.1. The first-order valence-electron chi connectivity index (χ1n) is 14.3. The molecule has 0 radical (unpaired) electrons. The molecule has 0 N–H and O–H groups in total. The van der Waals surface area contributed by atoms with Crippen LogP contribution < -0.4 is 0 Å². The highest BCUT2D eigenvalue weighted by Gasteiger charge is 2.30. The molecule has 0 aliphatic rings. The van der Waals surface area contributed by atoms with E-state index in [1.807, 2.05) is 47.2 Å². The lowest BCUT2D eigenvalue weighted by atomic mass is 10.0. The van der Waals surface area contributed by atoms with Crippen LogP contribution in [0.25, 0.3) is 34.5 Å². The smallest absolute Gasteiger partial charge is 0.416 e. The predicted molar refractivity (Wildman–Crippen MR) is 178 cm³/mol. The van der Waals surface area contributed by atoms with Crippen molar-refractivity contribution in [2.24, 2.45) is 0 Å². The number of esters is 1. The van der Waals surface area contributed by atoms with Crippen molar-refractivity contribution in [3.05, 3.63) is 135 Å². The number of rotatable bonds is 9. The van der Waals surface area contributed by atoms with Gasteiger partial charge in [-0.15, -0.1) is 0 Å². The van der Waals surface area contributed by atoms with Gasteiger partial charge in [-0.3, -0.25) is 9.59 Å². The van der Waals surface area contributed by atoms with Crippen molar-refractivity contribution in [3.8, 4) is 22.4 Å². The van der Waals surface area contributed by atoms with Crippen molar-refractivity contribution in [3.63, 3.8) is 0 Å². The van der Waals surface area contributed by atoms with Crippen molar-refractivity contribution in [2.45, 2.75) is 12.7 Å². The average molecular weight is 679 g/mol. The van der Waals surface area contributed by atoms with E-state index in [2.05, 4.69) is 4.74 Å². The van der Waals surface area contributed by atoms with Gasteiger partial charge in [-0.25, -0.2) is 4.98 Å². The summed E-state index contributed by atoms with van der Waals surface area (Å²) in [5.74, 6) is -0.209. The number of carbonyl (C=O) groups excluding carboxylic acids is 2. The van der Waals surface area contributed by atoms with Gasteiger partial charge in [0.1, 0.15) is 12.4 Å². The molecule has 4 aromatic carbocycles. The number of amides is 1. The van der Waals surface area contributed by atoms with E-state index < -0.39 is 17.7 Å². The lowest BCUT2D eigenvalue weighted by Gasteiger charge is -2.16. The summed E-state index contributed by atoms with van der Waals surface area (Å²) < 4.78 is 46.2. The van der Waals surface area contributed by atoms with Gasteiger partial charge in [0.25, 0.3) is 5.91 Å². The minimum absolute atomic E-state index is 0.161. The molecule has 0 aliphatic heterocycles. The van der Waals surface area contributed by atoms with Crippen LogP contribution in [0.2, 0.25) is 10.0 Å². The highest BCUT2D eigenvalue weighted by molar-refractivity contribution is 6.36. The van der Waals surface area contributed by atoms with Gasteiger partial charge in [-0.2, -0.15) is 13.2 Å². The van der Waals surface area contributed by atoms with E-state index in [1.165, 1.54) is 25.1 Å². The number of nitrogens with zero attached hydrogens (tertiary/aromatic N) is 3. The van der Waals surface area contributed by atoms with Crippen molar-refractivity contribution in [2.75, 3.05) is 20.7 Å². The summed E-state index contributed by atoms with van der Waals surface area (Å²) >= 11 is 12.6. The molecule has 11 heteroatoms. The van der Waals surface area contributed by atoms with Gasteiger partial charge in [0.15, 0.2) is 0 Å². The molecule has 1 aromatic heterocycles. The molecule has 5 rings (SSSR count). The normalized spacial score (nSPS) is 11.6. The molecule has 240 valence electrons. The van der Waals surface area contributed by atoms with Gasteiger partial charge < -0.3 is 14.2 Å². The van der Waals surface area contributed by atoms with Crippen LogP contribution in [0.1, 0.15) is 32.9 Å². The topological polar surface area (TPSA) is 64.4 Å². The molecular formula is C36H28Cl2F3N3O3. The van der Waals surface area contributed by atoms with E-state index in [-0.39, 0.29) is 12.5 Å². The van der Waals surface area contributed by atoms with E-state index in [4.69, 9.17) is 28.2 Å². The molecule has 0 unspecified atom stereocenters. The van der Waals surface area contributed by atoms with E-state index in [1.54, 1.807) is 48.5 Å². The van der Waals surface area contributed by atoms with Gasteiger partial charge in [0.05, 0.1) is 23.4 Å². The standard InChI is InChI=1S/C36H28Cl2F3N3O3/c1-43(22-34(45)47-2)35(46)26-13-8-24(9-14-26)20-44-21-32(30-16-15-29(37)19-31(30)38)42-33(44)17-10-23-6-11-25(12-7-23)27-4-3-5-28(18-27)36(39,40)41/h3-19,21H,20,22H2,1-2H3/b17-10+. The van der Waals surface area contributed by atoms with Crippen LogP contribution in [0.4, 0.5) is 13.2 Å². The second-order valence-corrected chi connectivity index (χ2v) is 11.5. The Morgan fingerprint density at radius 1 is 0.915 bits per heavy atom. The molecule has 1 amide bonds. The number of aromatic nitrogens is 2. The van der Waals surface area contributed by atoms with Gasteiger partial charge in [0.2, 0.25) is 0 Å². The first kappa shape index (κ1) is 33.5. The monoisotopic (exact) mass is 677 g/mol. The van der Waals surface area contributed by atoms with E-state index in [9.17, 15) is 22.8 Å². The zero-order valence-corrected chi connectivity index (χ0v) is 26.8. The van der Waals surface area contributed by atoms with Crippen LogP contribution >= 0.6 is 23.2 Å². The molecule has 0 atom stereocenters. The summed E-state index contributed by atoms with van der Waals surface area (Å²) in [5, 5.41) is 0.945. The van der Waals surface area contributed by atoms with Crippen molar-refractivity contribution >= 4 is 47.2 Å². The molecule has 0 spiro atoms. The lowest BCUT2D eigenvalue weighted by molar-refractivity contribution is -0.141. The molecule has 47 heavy (non-hydrogen) atoms. The Kier molecular flexibility index (Phi) is 10.2. The van der Waals surface area contributed by atoms with Crippen LogP contribution in [-0.2, 0) is 22.3 Å². The Labute approximate surface area is 279 Å². The van der Waals surface area contributed by atoms with Crippen LogP contribution in [0.5, 0.6) is 0 Å². The maximum atomic E-state index is 13.2. The number of ether oxygens (including phenoxy) is 1. The number of benzene rings is 4. The van der Waals surface area contributed by atoms with Gasteiger partial charge >= 0.3 is 12.1 Å². The summed E-state index contributed by atoms with van der Waals surface area (Å²) in [6.45, 7) is 0.255. The van der Waals surface area contributed by atoms with Crippen molar-refractivity contribution in [1.29, 1.82) is 0 Å². The molecule has 0 aliphatic carbocycles. The number of imidazole rings is 1. The third-order valence-electron chi connectivity index (χ3n) is 7.37. The van der Waals surface area contributed by atoms with Gasteiger partial charge in [-0.05, 0) is 70.8 Å². The Balaban J connectivity index is 1.40. The van der Waals surface area contributed by atoms with Crippen LogP contribution in [-0.4, -0.2) is 47.0 Å². The molecule has 5 aromatic rings. The second-order valence-electron chi connectivity index (χ2n) is 10.7. The van der Waals surface area contributed by atoms with Crippen LogP contribution in [0, 0.1) is 0 Å². The maximum Gasteiger partial charge on any atom is 0.416 e. The number of methoxy groups -OCH3 is 1. The summed E-state index contributed by atoms with van der Waals surface area (Å²) in [5.41, 5.74) is 3.89. The van der Waals surface area contributed by atoms with Gasteiger partial charge in [-0.1, -0.05) is 77.8 Å². The van der Waals surface area contributed by atoms with Crippen LogP contribution in [0.3, 0.4) is 0 Å². The number of hydrogen-bond acceptors (Lipinski definition) is 4. The average Bonchev–Trinajstić information content (AvgIpc) is 3.45. The largest absolute Gasteiger partial charge is 0.468 e. The molecule has 0 saturated carbocycles. The third-order valence-corrected chi connectivity index (χ3v) is 7.92. The first-order chi connectivity index (χ1) is 22.4. The van der Waals surface area contributed by atoms with Gasteiger partial charge in [0, 0.05) is 35.9 Å². The quantitative estimate of drug-likeness (QED) is 0.146. The highest BCUT2D eigenvalue weighted by Crippen LogP contribution is 2.33. The SMILES string of the molecule is COC(=O)CN(C)C(=O)c1ccc(Cn2cc(-c3ccc(Cl)cc3Cl)nc2/C=C/c2ccc(-c3cccc(C(F)(F)F)c3)cc2)cc1. The number of halogens is 5. The number of alkyl halides is 3. The van der Waals surface area contributed by atoms with E-state index in [0.29, 0.717) is 50.4 Å². The fourth-order valence-corrected chi connectivity index (χ4v) is 5.35. The van der Waals surface area contributed by atoms with E-state index >= 15 is 0 Å². The molecule has 0 bridgehead atoms. The summed E-state index contributed by atoms with van der Waals surface area (Å²) in [6, 6.07) is 24.6. The molecule has 0 fully saturated rings. The second kappa shape index (κ2) is 14.3. The van der Waals surface area contributed by atoms with Crippen molar-refractivity contribution in [1.82, 2.24) is 14.5 Å². The summed E-state index contributed by atoms with van der Waals surface area (Å²) in [7, 11) is 2.79. The molecule has 6 nitrogen and oxygen atoms in total. The zero-order chi connectivity index (χ0) is 33.7. The molecule has 0 saturated heterocycles. The minimum Gasteiger partial charge on any atom is -0.468 e. The number of likely N-dealkylation sites (N-methyl/N-ethyl adjacent to an activating group) is 1. The Hall–Kier alpha value is -4.86. The minimum atomic E-state index is -4.42. The maximum absolute atomic E-state index is 13.2. The molecule has 1 heterocycles. The van der Waals surface area contributed by atoms with Crippen molar-refractivity contribution < 1.29 is 27.5 Å². The Morgan fingerprint density at radius 3 is 2.30 bits per heavy atom. The zero-order valence-electron chi connectivity index (χ0n) is 25.3.